The smallest absolute Gasteiger partial charge is 0.266 e. The molecule has 2 aliphatic rings. The molecule has 1 fully saturated rings. The topological polar surface area (TPSA) is 122 Å². The number of amides is 2. The lowest BCUT2D eigenvalue weighted by atomic mass is 10.0. The van der Waals surface area contributed by atoms with Crippen molar-refractivity contribution in [3.8, 4) is 17.1 Å². The third-order valence-corrected chi connectivity index (χ3v) is 6.58. The molecule has 0 bridgehead atoms. The summed E-state index contributed by atoms with van der Waals surface area (Å²) in [7, 11) is 5.07. The molecular formula is C29H44N6O4. The molecular weight excluding hydrogens is 496 g/mol. The first kappa shape index (κ1) is 31.5. The first-order valence-electron chi connectivity index (χ1n) is 13.7. The van der Waals surface area contributed by atoms with E-state index in [2.05, 4.69) is 46.2 Å². The second-order valence-electron chi connectivity index (χ2n) is 9.58. The van der Waals surface area contributed by atoms with Gasteiger partial charge in [0.25, 0.3) is 5.91 Å². The number of aryl methyl sites for hydroxylation is 1. The van der Waals surface area contributed by atoms with Crippen LogP contribution in [0, 0.1) is 12.8 Å². The number of ether oxygens (including phenoxy) is 1. The van der Waals surface area contributed by atoms with Crippen LogP contribution in [0.1, 0.15) is 71.1 Å². The Balaban J connectivity index is 0.000000244. The van der Waals surface area contributed by atoms with Crippen LogP contribution in [0.2, 0.25) is 0 Å². The molecule has 10 heteroatoms. The quantitative estimate of drug-likeness (QED) is 0.299. The number of aromatic nitrogens is 2. The molecule has 214 valence electrons. The summed E-state index contributed by atoms with van der Waals surface area (Å²) in [5.74, 6) is 3.12. The molecule has 39 heavy (non-hydrogen) atoms. The van der Waals surface area contributed by atoms with Gasteiger partial charge in [0, 0.05) is 40.1 Å². The van der Waals surface area contributed by atoms with Crippen LogP contribution in [0.3, 0.4) is 0 Å². The molecule has 1 aromatic carbocycles. The Bertz CT molecular complexity index is 1120. The fraction of sp³-hybridized carbons (Fsp3) is 0.552. The van der Waals surface area contributed by atoms with E-state index in [-0.39, 0.29) is 11.8 Å². The highest BCUT2D eigenvalue weighted by Gasteiger charge is 2.21. The number of anilines is 1. The van der Waals surface area contributed by atoms with Crippen LogP contribution >= 0.6 is 0 Å². The Morgan fingerprint density at radius 3 is 2.49 bits per heavy atom. The number of nitrogens with one attached hydrogen (secondary N) is 2. The lowest BCUT2D eigenvalue weighted by Crippen LogP contribution is -2.33. The third-order valence-electron chi connectivity index (χ3n) is 6.58. The van der Waals surface area contributed by atoms with Gasteiger partial charge in [0.15, 0.2) is 0 Å². The maximum Gasteiger partial charge on any atom is 0.266 e. The number of carbonyl (C=O) groups excluding carboxylic acids is 2. The van der Waals surface area contributed by atoms with Gasteiger partial charge in [-0.2, -0.15) is 4.98 Å². The molecule has 10 nitrogen and oxygen atoms in total. The number of amidine groups is 1. The summed E-state index contributed by atoms with van der Waals surface area (Å²) in [6, 6.07) is 5.51. The summed E-state index contributed by atoms with van der Waals surface area (Å²) in [6.07, 6.45) is 9.12. The van der Waals surface area contributed by atoms with Crippen LogP contribution < -0.4 is 20.3 Å². The van der Waals surface area contributed by atoms with Crippen molar-refractivity contribution in [1.29, 1.82) is 0 Å². The maximum atomic E-state index is 11.8. The molecule has 0 saturated heterocycles. The lowest BCUT2D eigenvalue weighted by Gasteiger charge is -2.16. The summed E-state index contributed by atoms with van der Waals surface area (Å²) in [6.45, 7) is 10.2. The standard InChI is InChI=1S/C13H13N3O3.C12H21N3O.C4H10/c1-8-14-13(15-19-8)9-3-4-11-10(7-9)16(2)12(17)5-6-18-11;1-9(12(16)14-3)15-11(13-2)8-10-6-4-5-7-10;1-3-4-2/h3-4,7H,5-6H2,1-2H3;10H,1,4-8H2,2-3H3,(H,13,15)(H,14,16);3-4H2,1-2H3. The van der Waals surface area contributed by atoms with Gasteiger partial charge in [-0.15, -0.1) is 0 Å². The Morgan fingerprint density at radius 1 is 1.23 bits per heavy atom. The predicted molar refractivity (Wildman–Crippen MR) is 155 cm³/mol. The van der Waals surface area contributed by atoms with E-state index in [1.165, 1.54) is 38.5 Å². The van der Waals surface area contributed by atoms with Crippen LogP contribution in [-0.4, -0.2) is 55.5 Å². The van der Waals surface area contributed by atoms with Gasteiger partial charge >= 0.3 is 0 Å². The van der Waals surface area contributed by atoms with Gasteiger partial charge in [-0.3, -0.25) is 14.6 Å². The van der Waals surface area contributed by atoms with Gasteiger partial charge in [0.1, 0.15) is 11.6 Å². The van der Waals surface area contributed by atoms with Gasteiger partial charge in [-0.05, 0) is 24.1 Å². The van der Waals surface area contributed by atoms with E-state index < -0.39 is 0 Å². The Labute approximate surface area is 232 Å². The monoisotopic (exact) mass is 540 g/mol. The van der Waals surface area contributed by atoms with Crippen LogP contribution in [-0.2, 0) is 9.59 Å². The number of nitrogens with zero attached hydrogens (tertiary/aromatic N) is 4. The maximum absolute atomic E-state index is 11.8. The van der Waals surface area contributed by atoms with Crippen LogP contribution in [0.4, 0.5) is 5.69 Å². The zero-order valence-corrected chi connectivity index (χ0v) is 24.3. The minimum Gasteiger partial charge on any atom is -0.491 e. The minimum atomic E-state index is -0.187. The van der Waals surface area contributed by atoms with Crippen molar-refractivity contribution in [2.45, 2.75) is 72.1 Å². The highest BCUT2D eigenvalue weighted by Crippen LogP contribution is 2.34. The highest BCUT2D eigenvalue weighted by atomic mass is 16.5. The van der Waals surface area contributed by atoms with E-state index in [1.807, 2.05) is 18.2 Å². The first-order chi connectivity index (χ1) is 18.7. The highest BCUT2D eigenvalue weighted by molar-refractivity contribution is 5.98. The largest absolute Gasteiger partial charge is 0.491 e. The third kappa shape index (κ3) is 9.85. The van der Waals surface area contributed by atoms with E-state index in [1.54, 1.807) is 33.0 Å². The molecule has 2 N–H and O–H groups in total. The summed E-state index contributed by atoms with van der Waals surface area (Å²) >= 11 is 0. The van der Waals surface area contributed by atoms with Crippen molar-refractivity contribution in [3.63, 3.8) is 0 Å². The van der Waals surface area contributed by atoms with Crippen molar-refractivity contribution in [2.24, 2.45) is 10.9 Å². The fourth-order valence-electron chi connectivity index (χ4n) is 4.08. The molecule has 0 atom stereocenters. The fourth-order valence-corrected chi connectivity index (χ4v) is 4.08. The van der Waals surface area contributed by atoms with Crippen molar-refractivity contribution >= 4 is 23.3 Å². The molecule has 1 aliphatic heterocycles. The number of hydrogen-bond acceptors (Lipinski definition) is 7. The number of carbonyl (C=O) groups is 2. The summed E-state index contributed by atoms with van der Waals surface area (Å²) in [5.41, 5.74) is 1.88. The lowest BCUT2D eigenvalue weighted by molar-refractivity contribution is -0.118. The van der Waals surface area contributed by atoms with Crippen molar-refractivity contribution < 1.29 is 18.8 Å². The van der Waals surface area contributed by atoms with E-state index >= 15 is 0 Å². The summed E-state index contributed by atoms with van der Waals surface area (Å²) in [5, 5.41) is 9.39. The number of benzene rings is 1. The molecule has 0 unspecified atom stereocenters. The first-order valence-corrected chi connectivity index (χ1v) is 13.7. The van der Waals surface area contributed by atoms with E-state index in [0.717, 1.165) is 23.5 Å². The number of likely N-dealkylation sites (N-methyl/N-ethyl adjacent to an activating group) is 1. The SMILES string of the molecule is C=C(NC(CC1CCCC1)=NC)C(=O)NC.CCCC.Cc1nc(-c2ccc3c(c2)N(C)C(=O)CCO3)no1. The Hall–Kier alpha value is -3.69. The molecule has 0 radical (unpaired) electrons. The van der Waals surface area contributed by atoms with E-state index in [9.17, 15) is 9.59 Å². The zero-order chi connectivity index (χ0) is 28.8. The second kappa shape index (κ2) is 16.3. The van der Waals surface area contributed by atoms with E-state index in [4.69, 9.17) is 9.26 Å². The van der Waals surface area contributed by atoms with Crippen LogP contribution in [0.25, 0.3) is 11.4 Å². The molecule has 1 aromatic heterocycles. The molecule has 1 saturated carbocycles. The predicted octanol–water partition coefficient (Wildman–Crippen LogP) is 5.04. The van der Waals surface area contributed by atoms with Gasteiger partial charge in [-0.1, -0.05) is 64.1 Å². The van der Waals surface area contributed by atoms with Gasteiger partial charge in [-0.25, -0.2) is 0 Å². The van der Waals surface area contributed by atoms with Gasteiger partial charge in [0.2, 0.25) is 17.6 Å². The number of unbranched alkanes of at least 4 members (excludes halogenated alkanes) is 1. The number of hydrogen-bond donors (Lipinski definition) is 2. The average Bonchev–Trinajstić information content (AvgIpc) is 3.61. The normalized spacial score (nSPS) is 15.1. The molecule has 2 aromatic rings. The molecule has 4 rings (SSSR count). The average molecular weight is 541 g/mol. The Morgan fingerprint density at radius 2 is 1.92 bits per heavy atom. The zero-order valence-electron chi connectivity index (χ0n) is 24.3. The Kier molecular flexibility index (Phi) is 13.2. The molecule has 2 amide bonds. The minimum absolute atomic E-state index is 0.0280. The number of rotatable bonds is 6. The molecule has 1 aliphatic carbocycles. The molecule has 0 spiro atoms. The van der Waals surface area contributed by atoms with Gasteiger partial charge in [0.05, 0.1) is 24.4 Å². The van der Waals surface area contributed by atoms with Crippen molar-refractivity contribution in [2.75, 3.05) is 32.6 Å². The molecule has 2 heterocycles. The van der Waals surface area contributed by atoms with Crippen molar-refractivity contribution in [1.82, 2.24) is 20.8 Å². The van der Waals surface area contributed by atoms with Crippen LogP contribution in [0.5, 0.6) is 5.75 Å². The van der Waals surface area contributed by atoms with Crippen LogP contribution in [0.15, 0.2) is 40.0 Å². The summed E-state index contributed by atoms with van der Waals surface area (Å²) in [4.78, 5) is 33.0. The number of aliphatic imine (C=N–C) groups is 1. The van der Waals surface area contributed by atoms with Gasteiger partial charge < -0.3 is 24.8 Å². The van der Waals surface area contributed by atoms with E-state index in [0.29, 0.717) is 42.1 Å². The number of fused-ring (bicyclic) bond motifs is 1. The second-order valence-corrected chi connectivity index (χ2v) is 9.58. The summed E-state index contributed by atoms with van der Waals surface area (Å²) < 4.78 is 10.5. The van der Waals surface area contributed by atoms with Crippen molar-refractivity contribution in [3.05, 3.63) is 36.4 Å².